The molecule has 1 atom stereocenters. The van der Waals surface area contributed by atoms with Crippen LogP contribution in [-0.4, -0.2) is 35.4 Å². The van der Waals surface area contributed by atoms with Crippen molar-refractivity contribution in [2.75, 3.05) is 11.9 Å². The zero-order valence-electron chi connectivity index (χ0n) is 15.8. The van der Waals surface area contributed by atoms with Gasteiger partial charge in [0.1, 0.15) is 27.4 Å². The first-order valence-corrected chi connectivity index (χ1v) is 11.4. The van der Waals surface area contributed by atoms with E-state index in [1.54, 1.807) is 6.07 Å². The molecule has 2 heterocycles. The lowest BCUT2D eigenvalue weighted by Crippen LogP contribution is -2.31. The van der Waals surface area contributed by atoms with Crippen LogP contribution in [0.5, 0.6) is 0 Å². The summed E-state index contributed by atoms with van der Waals surface area (Å²) in [5.41, 5.74) is -0.0316. The molecule has 0 saturated carbocycles. The van der Waals surface area contributed by atoms with Gasteiger partial charge in [-0.25, -0.2) is 21.6 Å². The summed E-state index contributed by atoms with van der Waals surface area (Å²) in [5.74, 6) is -3.25. The number of para-hydroxylation sites is 1. The van der Waals surface area contributed by atoms with Crippen molar-refractivity contribution in [3.8, 4) is 0 Å². The van der Waals surface area contributed by atoms with Crippen LogP contribution in [0.4, 0.5) is 18.9 Å². The molecule has 31 heavy (non-hydrogen) atoms. The molecule has 1 saturated heterocycles. The van der Waals surface area contributed by atoms with Gasteiger partial charge in [0.25, 0.3) is 5.91 Å². The van der Waals surface area contributed by atoms with Gasteiger partial charge in [0, 0.05) is 6.54 Å². The number of carbonyl (C=O) groups is 1. The predicted octanol–water partition coefficient (Wildman–Crippen LogP) is 3.73. The van der Waals surface area contributed by atoms with Gasteiger partial charge >= 0.3 is 0 Å². The fourth-order valence-electron chi connectivity index (χ4n) is 3.28. The Morgan fingerprint density at radius 2 is 1.87 bits per heavy atom. The van der Waals surface area contributed by atoms with Gasteiger partial charge < -0.3 is 5.32 Å². The van der Waals surface area contributed by atoms with Gasteiger partial charge in [0.15, 0.2) is 0 Å². The lowest BCUT2D eigenvalue weighted by Gasteiger charge is -2.22. The average molecular weight is 468 g/mol. The lowest BCUT2D eigenvalue weighted by atomic mass is 10.2. The molecule has 1 aromatic heterocycles. The molecule has 0 aliphatic carbocycles. The van der Waals surface area contributed by atoms with E-state index in [-0.39, 0.29) is 22.2 Å². The largest absolute Gasteiger partial charge is 0.317 e. The fourth-order valence-corrected chi connectivity index (χ4v) is 5.97. The SMILES string of the molecule is O=C(Nc1ccccc1F)c1nnc([C@H]2CCCN2S(=O)(=O)c2cc(F)ccc2F)s1. The average Bonchev–Trinajstić information content (AvgIpc) is 3.41. The van der Waals surface area contributed by atoms with Crippen LogP contribution in [0, 0.1) is 17.5 Å². The fraction of sp³-hybridized carbons (Fsp3) is 0.211. The van der Waals surface area contributed by atoms with Gasteiger partial charge in [-0.1, -0.05) is 23.5 Å². The van der Waals surface area contributed by atoms with Crippen molar-refractivity contribution in [3.05, 3.63) is 69.9 Å². The number of halogens is 3. The zero-order valence-corrected chi connectivity index (χ0v) is 17.4. The molecule has 1 aliphatic rings. The van der Waals surface area contributed by atoms with Crippen molar-refractivity contribution in [1.29, 1.82) is 0 Å². The molecule has 0 radical (unpaired) electrons. The molecule has 0 unspecified atom stereocenters. The molecule has 7 nitrogen and oxygen atoms in total. The second-order valence-electron chi connectivity index (χ2n) is 6.73. The molecule has 1 N–H and O–H groups in total. The number of benzene rings is 2. The van der Waals surface area contributed by atoms with Gasteiger partial charge in [-0.2, -0.15) is 4.31 Å². The normalized spacial score (nSPS) is 17.1. The summed E-state index contributed by atoms with van der Waals surface area (Å²) in [6, 6.07) is 7.04. The Morgan fingerprint density at radius 3 is 2.65 bits per heavy atom. The summed E-state index contributed by atoms with van der Waals surface area (Å²) in [7, 11) is -4.35. The van der Waals surface area contributed by atoms with Crippen LogP contribution in [0.3, 0.4) is 0 Å². The molecular formula is C19H15F3N4O3S2. The summed E-state index contributed by atoms with van der Waals surface area (Å²) < 4.78 is 68.4. The highest BCUT2D eigenvalue weighted by Crippen LogP contribution is 2.38. The Hall–Kier alpha value is -2.83. The number of anilines is 1. The summed E-state index contributed by atoms with van der Waals surface area (Å²) >= 11 is 0.855. The van der Waals surface area contributed by atoms with Crippen LogP contribution in [0.2, 0.25) is 0 Å². The highest BCUT2D eigenvalue weighted by molar-refractivity contribution is 7.89. The van der Waals surface area contributed by atoms with E-state index in [1.165, 1.54) is 18.2 Å². The number of hydrogen-bond acceptors (Lipinski definition) is 6. The van der Waals surface area contributed by atoms with Gasteiger partial charge in [0.05, 0.1) is 11.7 Å². The Bertz CT molecular complexity index is 1250. The van der Waals surface area contributed by atoms with Crippen LogP contribution >= 0.6 is 11.3 Å². The van der Waals surface area contributed by atoms with E-state index >= 15 is 0 Å². The first-order chi connectivity index (χ1) is 14.8. The molecule has 3 aromatic rings. The van der Waals surface area contributed by atoms with E-state index < -0.39 is 44.3 Å². The van der Waals surface area contributed by atoms with Crippen molar-refractivity contribution < 1.29 is 26.4 Å². The minimum atomic E-state index is -4.35. The molecule has 1 fully saturated rings. The van der Waals surface area contributed by atoms with Crippen molar-refractivity contribution >= 4 is 33.0 Å². The molecule has 1 aliphatic heterocycles. The molecule has 0 bridgehead atoms. The van der Waals surface area contributed by atoms with Crippen molar-refractivity contribution in [2.45, 2.75) is 23.8 Å². The number of rotatable bonds is 5. The van der Waals surface area contributed by atoms with Gasteiger partial charge in [-0.15, -0.1) is 10.2 Å². The Kier molecular flexibility index (Phi) is 5.77. The van der Waals surface area contributed by atoms with E-state index in [1.807, 2.05) is 0 Å². The second kappa shape index (κ2) is 8.36. The number of nitrogens with one attached hydrogen (secondary N) is 1. The smallest absolute Gasteiger partial charge is 0.286 e. The maximum absolute atomic E-state index is 14.1. The van der Waals surface area contributed by atoms with Gasteiger partial charge in [-0.05, 0) is 43.2 Å². The lowest BCUT2D eigenvalue weighted by molar-refractivity contribution is 0.102. The zero-order chi connectivity index (χ0) is 22.2. The monoisotopic (exact) mass is 468 g/mol. The van der Waals surface area contributed by atoms with Crippen LogP contribution in [0.25, 0.3) is 0 Å². The maximum atomic E-state index is 14.1. The number of amides is 1. The third-order valence-corrected chi connectivity index (χ3v) is 7.67. The maximum Gasteiger partial charge on any atom is 0.286 e. The molecule has 4 rings (SSSR count). The molecule has 12 heteroatoms. The summed E-state index contributed by atoms with van der Waals surface area (Å²) in [4.78, 5) is 11.6. The number of aromatic nitrogens is 2. The van der Waals surface area contributed by atoms with Crippen LogP contribution in [0.15, 0.2) is 47.4 Å². The second-order valence-corrected chi connectivity index (χ2v) is 9.60. The van der Waals surface area contributed by atoms with Gasteiger partial charge in [0.2, 0.25) is 15.0 Å². The molecule has 0 spiro atoms. The molecular weight excluding hydrogens is 453 g/mol. The molecule has 2 aromatic carbocycles. The Labute approximate surface area is 179 Å². The highest BCUT2D eigenvalue weighted by atomic mass is 32.2. The Morgan fingerprint density at radius 1 is 1.10 bits per heavy atom. The third kappa shape index (κ3) is 4.18. The number of nitrogens with zero attached hydrogens (tertiary/aromatic N) is 3. The van der Waals surface area contributed by atoms with Crippen molar-refractivity contribution in [2.24, 2.45) is 0 Å². The van der Waals surface area contributed by atoms with E-state index in [0.29, 0.717) is 18.9 Å². The van der Waals surface area contributed by atoms with Crippen LogP contribution in [-0.2, 0) is 10.0 Å². The topological polar surface area (TPSA) is 92.3 Å². The summed E-state index contributed by atoms with van der Waals surface area (Å²) in [6.07, 6.45) is 0.844. The summed E-state index contributed by atoms with van der Waals surface area (Å²) in [5, 5.41) is 10.2. The van der Waals surface area contributed by atoms with E-state index in [4.69, 9.17) is 0 Å². The minimum absolute atomic E-state index is 0.0316. The molecule has 1 amide bonds. The highest BCUT2D eigenvalue weighted by Gasteiger charge is 2.39. The number of sulfonamides is 1. The molecule has 162 valence electrons. The van der Waals surface area contributed by atoms with Crippen molar-refractivity contribution in [1.82, 2.24) is 14.5 Å². The quantitative estimate of drug-likeness (QED) is 0.616. The number of hydrogen-bond donors (Lipinski definition) is 1. The third-order valence-electron chi connectivity index (χ3n) is 4.73. The minimum Gasteiger partial charge on any atom is -0.317 e. The van der Waals surface area contributed by atoms with Crippen LogP contribution < -0.4 is 5.32 Å². The Balaban J connectivity index is 1.59. The van der Waals surface area contributed by atoms with E-state index in [9.17, 15) is 26.4 Å². The predicted molar refractivity (Wildman–Crippen MR) is 106 cm³/mol. The van der Waals surface area contributed by atoms with E-state index in [2.05, 4.69) is 15.5 Å². The van der Waals surface area contributed by atoms with Gasteiger partial charge in [-0.3, -0.25) is 4.79 Å². The first kappa shape index (κ1) is 21.4. The summed E-state index contributed by atoms with van der Waals surface area (Å²) in [6.45, 7) is 0.0826. The standard InChI is InChI=1S/C19H15F3N4O3S2/c20-11-7-8-13(22)16(10-11)31(28,29)26-9-3-6-15(26)18-24-25-19(30-18)17(27)23-14-5-2-1-4-12(14)21/h1-2,4-5,7-8,10,15H,3,6,9H2,(H,23,27)/t15-/m1/s1. The number of carbonyl (C=O) groups excluding carboxylic acids is 1. The van der Waals surface area contributed by atoms with Crippen LogP contribution in [0.1, 0.15) is 33.7 Å². The van der Waals surface area contributed by atoms with E-state index in [0.717, 1.165) is 27.8 Å². The van der Waals surface area contributed by atoms with Crippen molar-refractivity contribution in [3.63, 3.8) is 0 Å². The first-order valence-electron chi connectivity index (χ1n) is 9.13.